The molecule has 20 heavy (non-hydrogen) atoms. The average molecular weight is 280 g/mol. The highest BCUT2D eigenvalue weighted by Gasteiger charge is 2.16. The zero-order chi connectivity index (χ0) is 14.4. The molecule has 0 aromatic carbocycles. The van der Waals surface area contributed by atoms with Crippen molar-refractivity contribution in [1.82, 2.24) is 15.0 Å². The Morgan fingerprint density at radius 1 is 1.20 bits per heavy atom. The largest absolute Gasteiger partial charge is 0.376 e. The summed E-state index contributed by atoms with van der Waals surface area (Å²) in [5.74, 6) is 1.88. The number of aromatic nitrogens is 3. The van der Waals surface area contributed by atoms with Gasteiger partial charge in [0.05, 0.1) is 6.10 Å². The van der Waals surface area contributed by atoms with Crippen molar-refractivity contribution in [3.8, 4) is 0 Å². The lowest BCUT2D eigenvalue weighted by Crippen LogP contribution is -2.26. The van der Waals surface area contributed by atoms with Gasteiger partial charge in [-0.05, 0) is 26.7 Å². The van der Waals surface area contributed by atoms with Crippen LogP contribution in [0.1, 0.15) is 26.7 Å². The Kier molecular flexibility index (Phi) is 5.34. The van der Waals surface area contributed by atoms with Crippen molar-refractivity contribution in [3.05, 3.63) is 0 Å². The van der Waals surface area contributed by atoms with E-state index in [0.717, 1.165) is 39.1 Å². The van der Waals surface area contributed by atoms with E-state index in [1.165, 1.54) is 0 Å². The second-order valence-corrected chi connectivity index (χ2v) is 4.72. The third-order valence-corrected chi connectivity index (χ3v) is 3.41. The fourth-order valence-electron chi connectivity index (χ4n) is 2.21. The SMILES string of the molecule is CCN(CC)c1nc(NC)nc(NCC2CCCO2)n1. The van der Waals surface area contributed by atoms with E-state index in [2.05, 4.69) is 44.3 Å². The van der Waals surface area contributed by atoms with Crippen LogP contribution in [0.25, 0.3) is 0 Å². The molecule has 2 heterocycles. The first-order valence-corrected chi connectivity index (χ1v) is 7.31. The molecule has 1 aliphatic heterocycles. The molecule has 1 saturated heterocycles. The van der Waals surface area contributed by atoms with Gasteiger partial charge in [0, 0.05) is 33.3 Å². The molecule has 1 fully saturated rings. The minimum atomic E-state index is 0.265. The van der Waals surface area contributed by atoms with Crippen molar-refractivity contribution >= 4 is 17.8 Å². The van der Waals surface area contributed by atoms with Crippen LogP contribution in [0.2, 0.25) is 0 Å². The van der Waals surface area contributed by atoms with Crippen molar-refractivity contribution in [2.45, 2.75) is 32.8 Å². The Labute approximate surface area is 120 Å². The van der Waals surface area contributed by atoms with E-state index in [-0.39, 0.29) is 6.10 Å². The number of nitrogens with zero attached hydrogens (tertiary/aromatic N) is 4. The highest BCUT2D eigenvalue weighted by Crippen LogP contribution is 2.15. The zero-order valence-corrected chi connectivity index (χ0v) is 12.5. The van der Waals surface area contributed by atoms with Gasteiger partial charge in [0.2, 0.25) is 17.8 Å². The molecule has 1 aromatic rings. The van der Waals surface area contributed by atoms with Gasteiger partial charge in [-0.3, -0.25) is 0 Å². The Morgan fingerprint density at radius 3 is 2.55 bits per heavy atom. The van der Waals surface area contributed by atoms with Gasteiger partial charge in [-0.15, -0.1) is 0 Å². The van der Waals surface area contributed by atoms with Gasteiger partial charge in [-0.25, -0.2) is 0 Å². The number of ether oxygens (including phenoxy) is 1. The topological polar surface area (TPSA) is 75.2 Å². The van der Waals surface area contributed by atoms with Crippen LogP contribution in [-0.4, -0.2) is 54.3 Å². The fraction of sp³-hybridized carbons (Fsp3) is 0.769. The molecular weight excluding hydrogens is 256 g/mol. The minimum absolute atomic E-state index is 0.265. The molecule has 112 valence electrons. The summed E-state index contributed by atoms with van der Waals surface area (Å²) in [5, 5.41) is 6.23. The fourth-order valence-corrected chi connectivity index (χ4v) is 2.21. The second kappa shape index (κ2) is 7.23. The first-order chi connectivity index (χ1) is 9.76. The van der Waals surface area contributed by atoms with Gasteiger partial charge in [0.25, 0.3) is 0 Å². The lowest BCUT2D eigenvalue weighted by Gasteiger charge is -2.20. The minimum Gasteiger partial charge on any atom is -0.376 e. The highest BCUT2D eigenvalue weighted by molar-refractivity contribution is 5.43. The molecule has 0 spiro atoms. The molecular formula is C13H24N6O. The lowest BCUT2D eigenvalue weighted by atomic mass is 10.2. The highest BCUT2D eigenvalue weighted by atomic mass is 16.5. The maximum Gasteiger partial charge on any atom is 0.231 e. The summed E-state index contributed by atoms with van der Waals surface area (Å²) >= 11 is 0. The molecule has 2 rings (SSSR count). The van der Waals surface area contributed by atoms with Crippen molar-refractivity contribution in [2.75, 3.05) is 48.8 Å². The zero-order valence-electron chi connectivity index (χ0n) is 12.5. The molecule has 0 bridgehead atoms. The van der Waals surface area contributed by atoms with Gasteiger partial charge >= 0.3 is 0 Å². The summed E-state index contributed by atoms with van der Waals surface area (Å²) < 4.78 is 5.59. The molecule has 1 unspecified atom stereocenters. The van der Waals surface area contributed by atoms with E-state index in [9.17, 15) is 0 Å². The van der Waals surface area contributed by atoms with Crippen LogP contribution in [-0.2, 0) is 4.74 Å². The summed E-state index contributed by atoms with van der Waals surface area (Å²) in [6, 6.07) is 0. The maximum atomic E-state index is 5.59. The van der Waals surface area contributed by atoms with Crippen LogP contribution >= 0.6 is 0 Å². The van der Waals surface area contributed by atoms with Crippen LogP contribution in [0.5, 0.6) is 0 Å². The van der Waals surface area contributed by atoms with E-state index < -0.39 is 0 Å². The third-order valence-electron chi connectivity index (χ3n) is 3.41. The Bertz CT molecular complexity index is 417. The molecule has 7 nitrogen and oxygen atoms in total. The Morgan fingerprint density at radius 2 is 1.95 bits per heavy atom. The van der Waals surface area contributed by atoms with Crippen molar-refractivity contribution in [1.29, 1.82) is 0 Å². The van der Waals surface area contributed by atoms with E-state index in [1.54, 1.807) is 0 Å². The first kappa shape index (κ1) is 14.8. The molecule has 1 atom stereocenters. The molecule has 0 aliphatic carbocycles. The predicted octanol–water partition coefficient (Wildman–Crippen LogP) is 1.35. The van der Waals surface area contributed by atoms with Crippen LogP contribution < -0.4 is 15.5 Å². The van der Waals surface area contributed by atoms with E-state index in [4.69, 9.17) is 4.74 Å². The van der Waals surface area contributed by atoms with Gasteiger partial charge < -0.3 is 20.3 Å². The summed E-state index contributed by atoms with van der Waals surface area (Å²) in [6.07, 6.45) is 2.50. The van der Waals surface area contributed by atoms with Gasteiger partial charge in [-0.2, -0.15) is 15.0 Å². The predicted molar refractivity (Wildman–Crippen MR) is 80.4 cm³/mol. The van der Waals surface area contributed by atoms with Crippen LogP contribution in [0.3, 0.4) is 0 Å². The third kappa shape index (κ3) is 3.69. The van der Waals surface area contributed by atoms with Gasteiger partial charge in [-0.1, -0.05) is 0 Å². The van der Waals surface area contributed by atoms with Crippen molar-refractivity contribution in [2.24, 2.45) is 0 Å². The van der Waals surface area contributed by atoms with Crippen LogP contribution in [0.15, 0.2) is 0 Å². The number of hydrogen-bond donors (Lipinski definition) is 2. The molecule has 1 aromatic heterocycles. The van der Waals surface area contributed by atoms with E-state index in [0.29, 0.717) is 17.8 Å². The van der Waals surface area contributed by atoms with Gasteiger partial charge in [0.15, 0.2) is 0 Å². The van der Waals surface area contributed by atoms with E-state index >= 15 is 0 Å². The number of nitrogens with one attached hydrogen (secondary N) is 2. The standard InChI is InChI=1S/C13H24N6O/c1-4-19(5-2)13-17-11(14-3)16-12(18-13)15-9-10-7-6-8-20-10/h10H,4-9H2,1-3H3,(H2,14,15,16,17,18). The molecule has 0 amide bonds. The Balaban J connectivity index is 2.08. The molecule has 0 radical (unpaired) electrons. The number of rotatable bonds is 7. The second-order valence-electron chi connectivity index (χ2n) is 4.72. The van der Waals surface area contributed by atoms with Crippen LogP contribution in [0, 0.1) is 0 Å². The van der Waals surface area contributed by atoms with Gasteiger partial charge in [0.1, 0.15) is 0 Å². The first-order valence-electron chi connectivity index (χ1n) is 7.31. The molecule has 1 aliphatic rings. The quantitative estimate of drug-likeness (QED) is 0.780. The molecule has 7 heteroatoms. The summed E-state index contributed by atoms with van der Waals surface area (Å²) in [6.45, 7) is 7.52. The van der Waals surface area contributed by atoms with Crippen molar-refractivity contribution in [3.63, 3.8) is 0 Å². The average Bonchev–Trinajstić information content (AvgIpc) is 2.99. The number of anilines is 3. The molecule has 2 N–H and O–H groups in total. The van der Waals surface area contributed by atoms with Crippen LogP contribution in [0.4, 0.5) is 17.8 Å². The smallest absolute Gasteiger partial charge is 0.231 e. The summed E-state index contributed by atoms with van der Waals surface area (Å²) in [5.41, 5.74) is 0. The number of hydrogen-bond acceptors (Lipinski definition) is 7. The monoisotopic (exact) mass is 280 g/mol. The normalized spacial score (nSPS) is 18.1. The maximum absolute atomic E-state index is 5.59. The summed E-state index contributed by atoms with van der Waals surface area (Å²) in [7, 11) is 1.81. The van der Waals surface area contributed by atoms with E-state index in [1.807, 2.05) is 7.05 Å². The lowest BCUT2D eigenvalue weighted by molar-refractivity contribution is 0.120. The molecule has 0 saturated carbocycles. The van der Waals surface area contributed by atoms with Crippen molar-refractivity contribution < 1.29 is 4.74 Å². The summed E-state index contributed by atoms with van der Waals surface area (Å²) in [4.78, 5) is 15.3. The Hall–Kier alpha value is -1.63.